The van der Waals surface area contributed by atoms with Crippen LogP contribution in [-0.4, -0.2) is 17.0 Å². The fourth-order valence-electron chi connectivity index (χ4n) is 1.58. The summed E-state index contributed by atoms with van der Waals surface area (Å²) in [7, 11) is 0. The predicted molar refractivity (Wildman–Crippen MR) is 59.1 cm³/mol. The van der Waals surface area contributed by atoms with Crippen molar-refractivity contribution in [2.24, 2.45) is 16.7 Å². The van der Waals surface area contributed by atoms with Gasteiger partial charge in [-0.3, -0.25) is 4.79 Å². The number of rotatable bonds is 2. The summed E-state index contributed by atoms with van der Waals surface area (Å²) in [6.07, 6.45) is -0.575. The molecule has 0 radical (unpaired) electrons. The van der Waals surface area contributed by atoms with Crippen LogP contribution in [0.1, 0.15) is 48.5 Å². The molecule has 0 aromatic rings. The molecule has 84 valence electrons. The van der Waals surface area contributed by atoms with Crippen LogP contribution in [0.5, 0.6) is 0 Å². The van der Waals surface area contributed by atoms with Crippen molar-refractivity contribution in [3.8, 4) is 0 Å². The van der Waals surface area contributed by atoms with Gasteiger partial charge in [0, 0.05) is 11.3 Å². The molecule has 0 fully saturated rings. The molecule has 0 aromatic heterocycles. The van der Waals surface area contributed by atoms with Gasteiger partial charge >= 0.3 is 0 Å². The van der Waals surface area contributed by atoms with Crippen molar-refractivity contribution in [1.29, 1.82) is 0 Å². The fourth-order valence-corrected chi connectivity index (χ4v) is 1.58. The van der Waals surface area contributed by atoms with Crippen molar-refractivity contribution in [2.75, 3.05) is 0 Å². The highest BCUT2D eigenvalue weighted by molar-refractivity contribution is 5.86. The average molecular weight is 200 g/mol. The van der Waals surface area contributed by atoms with Crippen molar-refractivity contribution < 1.29 is 9.90 Å². The van der Waals surface area contributed by atoms with Gasteiger partial charge in [0.15, 0.2) is 0 Å². The van der Waals surface area contributed by atoms with Gasteiger partial charge in [0.05, 0.1) is 6.10 Å². The lowest BCUT2D eigenvalue weighted by molar-refractivity contribution is -0.136. The standard InChI is InChI=1S/C12H24O2/c1-8(9(13)11(2,3)4)10(14)12(5,6)7/h8-9,13H,1-7H3/t8-,9-/m1/s1. The van der Waals surface area contributed by atoms with E-state index in [1.54, 1.807) is 0 Å². The number of hydrogen-bond donors (Lipinski definition) is 1. The van der Waals surface area contributed by atoms with Gasteiger partial charge in [-0.15, -0.1) is 0 Å². The second-order valence-corrected chi connectivity index (χ2v) is 6.21. The monoisotopic (exact) mass is 200 g/mol. The van der Waals surface area contributed by atoms with Crippen molar-refractivity contribution in [2.45, 2.75) is 54.6 Å². The Morgan fingerprint density at radius 1 is 1.07 bits per heavy atom. The zero-order valence-corrected chi connectivity index (χ0v) is 10.5. The minimum atomic E-state index is -0.575. The van der Waals surface area contributed by atoms with Crippen molar-refractivity contribution in [1.82, 2.24) is 0 Å². The first-order valence-electron chi connectivity index (χ1n) is 5.20. The van der Waals surface area contributed by atoms with E-state index in [9.17, 15) is 9.90 Å². The smallest absolute Gasteiger partial charge is 0.143 e. The van der Waals surface area contributed by atoms with Crippen LogP contribution in [0.15, 0.2) is 0 Å². The van der Waals surface area contributed by atoms with E-state index in [0.717, 1.165) is 0 Å². The second kappa shape index (κ2) is 4.01. The largest absolute Gasteiger partial charge is 0.392 e. The van der Waals surface area contributed by atoms with Crippen LogP contribution < -0.4 is 0 Å². The maximum atomic E-state index is 11.9. The van der Waals surface area contributed by atoms with Crippen LogP contribution in [0.3, 0.4) is 0 Å². The second-order valence-electron chi connectivity index (χ2n) is 6.21. The van der Waals surface area contributed by atoms with Crippen LogP contribution >= 0.6 is 0 Å². The number of Topliss-reactive ketones (excluding diaryl/α,β-unsaturated/α-hetero) is 1. The molecule has 0 rings (SSSR count). The maximum Gasteiger partial charge on any atom is 0.143 e. The Morgan fingerprint density at radius 3 is 1.64 bits per heavy atom. The molecule has 1 N–H and O–H groups in total. The average Bonchev–Trinajstić information content (AvgIpc) is 1.97. The molecule has 0 aliphatic rings. The summed E-state index contributed by atoms with van der Waals surface area (Å²) >= 11 is 0. The molecular formula is C12H24O2. The van der Waals surface area contributed by atoms with Crippen LogP contribution in [-0.2, 0) is 4.79 Å². The Morgan fingerprint density at radius 2 is 1.43 bits per heavy atom. The number of carbonyl (C=O) groups excluding carboxylic acids is 1. The predicted octanol–water partition coefficient (Wildman–Crippen LogP) is 2.64. The Balaban J connectivity index is 4.65. The molecule has 0 aliphatic carbocycles. The molecule has 0 amide bonds. The summed E-state index contributed by atoms with van der Waals surface area (Å²) in [5.74, 6) is -0.171. The minimum Gasteiger partial charge on any atom is -0.392 e. The van der Waals surface area contributed by atoms with Gasteiger partial charge in [-0.2, -0.15) is 0 Å². The Kier molecular flexibility index (Phi) is 3.91. The van der Waals surface area contributed by atoms with Gasteiger partial charge < -0.3 is 5.11 Å². The van der Waals surface area contributed by atoms with Crippen molar-refractivity contribution in [3.05, 3.63) is 0 Å². The van der Waals surface area contributed by atoms with E-state index in [2.05, 4.69) is 0 Å². The van der Waals surface area contributed by atoms with E-state index in [-0.39, 0.29) is 22.5 Å². The van der Waals surface area contributed by atoms with Crippen LogP contribution in [0.4, 0.5) is 0 Å². The molecule has 0 unspecified atom stereocenters. The topological polar surface area (TPSA) is 37.3 Å². The summed E-state index contributed by atoms with van der Waals surface area (Å²) in [5.41, 5.74) is -0.605. The maximum absolute atomic E-state index is 11.9. The first kappa shape index (κ1) is 13.6. The third-order valence-corrected chi connectivity index (χ3v) is 2.51. The number of aliphatic hydroxyl groups is 1. The molecule has 0 aromatic carbocycles. The number of aliphatic hydroxyl groups excluding tert-OH is 1. The van der Waals surface area contributed by atoms with Gasteiger partial charge in [-0.1, -0.05) is 48.5 Å². The summed E-state index contributed by atoms with van der Waals surface area (Å²) < 4.78 is 0. The lowest BCUT2D eigenvalue weighted by Crippen LogP contribution is -2.40. The van der Waals surface area contributed by atoms with E-state index < -0.39 is 6.10 Å². The van der Waals surface area contributed by atoms with Crippen LogP contribution in [0, 0.1) is 16.7 Å². The van der Waals surface area contributed by atoms with Gasteiger partial charge in [-0.05, 0) is 5.41 Å². The highest BCUT2D eigenvalue weighted by Crippen LogP contribution is 2.30. The first-order chi connectivity index (χ1) is 5.98. The van der Waals surface area contributed by atoms with Crippen LogP contribution in [0.2, 0.25) is 0 Å². The summed E-state index contributed by atoms with van der Waals surface area (Å²) in [6.45, 7) is 13.3. The first-order valence-corrected chi connectivity index (χ1v) is 5.20. The van der Waals surface area contributed by atoms with Gasteiger partial charge in [0.25, 0.3) is 0 Å². The minimum absolute atomic E-state index is 0.125. The molecule has 0 heterocycles. The fraction of sp³-hybridized carbons (Fsp3) is 0.917. The van der Waals surface area contributed by atoms with E-state index in [4.69, 9.17) is 0 Å². The summed E-state index contributed by atoms with van der Waals surface area (Å²) in [4.78, 5) is 11.9. The Labute approximate surface area is 87.7 Å². The van der Waals surface area contributed by atoms with E-state index in [1.165, 1.54) is 0 Å². The molecule has 0 saturated carbocycles. The Bertz CT molecular complexity index is 205. The molecular weight excluding hydrogens is 176 g/mol. The number of carbonyl (C=O) groups is 1. The lowest BCUT2D eigenvalue weighted by atomic mass is 9.74. The highest BCUT2D eigenvalue weighted by Gasteiger charge is 2.36. The molecule has 2 atom stereocenters. The van der Waals surface area contributed by atoms with Crippen molar-refractivity contribution in [3.63, 3.8) is 0 Å². The quantitative estimate of drug-likeness (QED) is 0.744. The lowest BCUT2D eigenvalue weighted by Gasteiger charge is -2.33. The molecule has 14 heavy (non-hydrogen) atoms. The SMILES string of the molecule is C[C@@H](C(=O)C(C)(C)C)[C@@H](O)C(C)(C)C. The number of ketones is 1. The van der Waals surface area contributed by atoms with Gasteiger partial charge in [0.2, 0.25) is 0 Å². The van der Waals surface area contributed by atoms with Crippen LogP contribution in [0.25, 0.3) is 0 Å². The van der Waals surface area contributed by atoms with Crippen molar-refractivity contribution >= 4 is 5.78 Å². The third-order valence-electron chi connectivity index (χ3n) is 2.51. The molecule has 0 saturated heterocycles. The molecule has 0 aliphatic heterocycles. The molecule has 2 heteroatoms. The molecule has 0 spiro atoms. The van der Waals surface area contributed by atoms with E-state index >= 15 is 0 Å². The van der Waals surface area contributed by atoms with Gasteiger partial charge in [0.1, 0.15) is 5.78 Å². The van der Waals surface area contributed by atoms with Gasteiger partial charge in [-0.25, -0.2) is 0 Å². The summed E-state index contributed by atoms with van der Waals surface area (Å²) in [5, 5.41) is 9.97. The highest BCUT2D eigenvalue weighted by atomic mass is 16.3. The molecule has 2 nitrogen and oxygen atoms in total. The zero-order chi connectivity index (χ0) is 11.7. The normalized spacial score (nSPS) is 17.7. The Hall–Kier alpha value is -0.370. The number of hydrogen-bond acceptors (Lipinski definition) is 2. The third kappa shape index (κ3) is 3.41. The summed E-state index contributed by atoms with van der Waals surface area (Å²) in [6, 6.07) is 0. The van der Waals surface area contributed by atoms with E-state index in [1.807, 2.05) is 48.5 Å². The van der Waals surface area contributed by atoms with E-state index in [0.29, 0.717) is 0 Å². The zero-order valence-electron chi connectivity index (χ0n) is 10.5. The molecule has 0 bridgehead atoms.